The summed E-state index contributed by atoms with van der Waals surface area (Å²) in [6.45, 7) is 0. The zero-order chi connectivity index (χ0) is 34.0. The number of allylic oxidation sites excluding steroid dienone is 4. The fourth-order valence-corrected chi connectivity index (χ4v) is 7.17. The van der Waals surface area contributed by atoms with E-state index in [2.05, 4.69) is 218 Å². The topological polar surface area (TPSA) is 0 Å². The van der Waals surface area contributed by atoms with Crippen LogP contribution in [0.25, 0.3) is 32.7 Å². The molecular weight excluding hydrogens is 680 g/mol. The van der Waals surface area contributed by atoms with Crippen LogP contribution in [0.3, 0.4) is 0 Å². The molecule has 1 atom stereocenters. The first-order valence-corrected chi connectivity index (χ1v) is 18.2. The minimum absolute atomic E-state index is 0.210. The summed E-state index contributed by atoms with van der Waals surface area (Å²) in [6.07, 6.45) is 6.02. The van der Waals surface area contributed by atoms with Crippen molar-refractivity contribution in [1.29, 1.82) is 0 Å². The smallest absolute Gasteiger partial charge is 0.0771 e. The summed E-state index contributed by atoms with van der Waals surface area (Å²) in [5.74, 6) is 0.210. The van der Waals surface area contributed by atoms with E-state index >= 15 is 0 Å². The monoisotopic (exact) mass is 714 g/mol. The Morgan fingerprint density at radius 1 is 0.440 bits per heavy atom. The van der Waals surface area contributed by atoms with Crippen molar-refractivity contribution in [3.05, 3.63) is 246 Å². The molecule has 0 aromatic heterocycles. The Labute approximate surface area is 310 Å². The van der Waals surface area contributed by atoms with Gasteiger partial charge in [-0.3, -0.25) is 0 Å². The Balaban J connectivity index is 0.000000125. The fourth-order valence-electron chi connectivity index (χ4n) is 6.35. The van der Waals surface area contributed by atoms with Gasteiger partial charge in [-0.05, 0) is 5.92 Å². The van der Waals surface area contributed by atoms with Gasteiger partial charge in [0.1, 0.15) is 0 Å². The van der Waals surface area contributed by atoms with E-state index in [4.69, 9.17) is 0 Å². The summed E-state index contributed by atoms with van der Waals surface area (Å²) in [4.78, 5) is 0. The minimum Gasteiger partial charge on any atom is -0.126 e. The van der Waals surface area contributed by atoms with Crippen molar-refractivity contribution in [2.75, 3.05) is 0 Å². The quantitative estimate of drug-likeness (QED) is 0.156. The SMILES string of the molecule is [C-]1=C(c2ccccc2)C(c2ccccc2)=CC1c1ccccc1.[Zr+2]=[C](c1ccccc1)c1ccccc1.c1ccc2c(c1)[cH-]c1ccccc12. The van der Waals surface area contributed by atoms with E-state index in [0.717, 1.165) is 0 Å². The first kappa shape index (κ1) is 33.2. The molecule has 0 amide bonds. The zero-order valence-corrected chi connectivity index (χ0v) is 30.2. The Kier molecular flexibility index (Phi) is 10.9. The van der Waals surface area contributed by atoms with Gasteiger partial charge in [-0.1, -0.05) is 126 Å². The number of hydrogen-bond donors (Lipinski definition) is 0. The van der Waals surface area contributed by atoms with Crippen LogP contribution in [-0.4, -0.2) is 3.21 Å². The second-order valence-corrected chi connectivity index (χ2v) is 13.4. The largest absolute Gasteiger partial charge is 0.126 e. The molecule has 1 aliphatic carbocycles. The molecule has 0 fully saturated rings. The first-order valence-electron chi connectivity index (χ1n) is 17.0. The van der Waals surface area contributed by atoms with Crippen molar-refractivity contribution in [3.8, 4) is 0 Å². The number of rotatable bonds is 5. The van der Waals surface area contributed by atoms with Gasteiger partial charge in [-0.2, -0.15) is 11.6 Å². The van der Waals surface area contributed by atoms with Crippen LogP contribution >= 0.6 is 0 Å². The molecule has 0 bridgehead atoms. The molecule has 0 spiro atoms. The van der Waals surface area contributed by atoms with Crippen LogP contribution in [0.5, 0.6) is 0 Å². The predicted octanol–water partition coefficient (Wildman–Crippen LogP) is 12.3. The van der Waals surface area contributed by atoms with Crippen molar-refractivity contribution in [1.82, 2.24) is 0 Å². The fraction of sp³-hybridized carbons (Fsp3) is 0.0204. The van der Waals surface area contributed by atoms with E-state index in [1.807, 2.05) is 0 Å². The molecule has 1 aliphatic rings. The molecule has 8 aromatic carbocycles. The number of hydrogen-bond acceptors (Lipinski definition) is 0. The first-order chi connectivity index (χ1) is 24.7. The molecule has 50 heavy (non-hydrogen) atoms. The Morgan fingerprint density at radius 3 is 1.34 bits per heavy atom. The van der Waals surface area contributed by atoms with Crippen LogP contribution < -0.4 is 0 Å². The van der Waals surface area contributed by atoms with Crippen molar-refractivity contribution in [3.63, 3.8) is 0 Å². The molecule has 0 saturated carbocycles. The third-order valence-corrected chi connectivity index (χ3v) is 10.3. The molecule has 1 heteroatoms. The molecule has 0 nitrogen and oxygen atoms in total. The van der Waals surface area contributed by atoms with Crippen molar-refractivity contribution >= 4 is 35.9 Å². The molecule has 0 aliphatic heterocycles. The van der Waals surface area contributed by atoms with Crippen LogP contribution in [0, 0.1) is 6.08 Å². The average molecular weight is 716 g/mol. The van der Waals surface area contributed by atoms with Gasteiger partial charge >= 0.3 is 99.2 Å². The summed E-state index contributed by atoms with van der Waals surface area (Å²) in [7, 11) is 0. The Morgan fingerprint density at radius 2 is 0.840 bits per heavy atom. The maximum absolute atomic E-state index is 3.70. The normalized spacial score (nSPS) is 13.4. The van der Waals surface area contributed by atoms with Crippen LogP contribution in [-0.2, 0) is 24.2 Å². The van der Waals surface area contributed by atoms with Gasteiger partial charge in [0.15, 0.2) is 0 Å². The third kappa shape index (κ3) is 7.92. The molecule has 9 rings (SSSR count). The molecular formula is C49H36Zr. The molecule has 0 saturated heterocycles. The maximum Gasteiger partial charge on any atom is -0.0771 e. The van der Waals surface area contributed by atoms with Gasteiger partial charge in [0.2, 0.25) is 0 Å². The predicted molar refractivity (Wildman–Crippen MR) is 210 cm³/mol. The van der Waals surface area contributed by atoms with Crippen LogP contribution in [0.15, 0.2) is 212 Å². The molecule has 0 radical (unpaired) electrons. The van der Waals surface area contributed by atoms with Crippen LogP contribution in [0.1, 0.15) is 33.7 Å². The summed E-state index contributed by atoms with van der Waals surface area (Å²) < 4.78 is 1.42. The van der Waals surface area contributed by atoms with Gasteiger partial charge < -0.3 is 0 Å². The maximum atomic E-state index is 3.70. The van der Waals surface area contributed by atoms with Gasteiger partial charge in [-0.15, -0.1) is 69.1 Å². The zero-order valence-electron chi connectivity index (χ0n) is 27.8. The molecule has 8 aromatic rings. The van der Waals surface area contributed by atoms with E-state index in [1.54, 1.807) is 0 Å². The second-order valence-electron chi connectivity index (χ2n) is 12.1. The summed E-state index contributed by atoms with van der Waals surface area (Å²) in [6, 6.07) is 72.1. The van der Waals surface area contributed by atoms with Crippen molar-refractivity contribution in [2.24, 2.45) is 0 Å². The van der Waals surface area contributed by atoms with E-state index in [1.165, 1.54) is 87.9 Å². The van der Waals surface area contributed by atoms with E-state index < -0.39 is 0 Å². The molecule has 236 valence electrons. The van der Waals surface area contributed by atoms with Crippen molar-refractivity contribution in [2.45, 2.75) is 5.92 Å². The van der Waals surface area contributed by atoms with E-state index in [9.17, 15) is 0 Å². The summed E-state index contributed by atoms with van der Waals surface area (Å²) in [5, 5.41) is 5.39. The number of benzene rings is 7. The van der Waals surface area contributed by atoms with Gasteiger partial charge in [0.05, 0.1) is 0 Å². The van der Waals surface area contributed by atoms with Gasteiger partial charge in [-0.25, -0.2) is 0 Å². The molecule has 0 heterocycles. The summed E-state index contributed by atoms with van der Waals surface area (Å²) in [5.41, 5.74) is 8.88. The summed E-state index contributed by atoms with van der Waals surface area (Å²) >= 11 is 1.46. The Bertz CT molecular complexity index is 2200. The van der Waals surface area contributed by atoms with Gasteiger partial charge in [0, 0.05) is 0 Å². The van der Waals surface area contributed by atoms with E-state index in [0.29, 0.717) is 0 Å². The second kappa shape index (κ2) is 16.4. The van der Waals surface area contributed by atoms with Crippen LogP contribution in [0.2, 0.25) is 0 Å². The van der Waals surface area contributed by atoms with Crippen LogP contribution in [0.4, 0.5) is 0 Å². The van der Waals surface area contributed by atoms with Crippen molar-refractivity contribution < 1.29 is 24.2 Å². The number of fused-ring (bicyclic) bond motifs is 3. The molecule has 1 unspecified atom stereocenters. The average Bonchev–Trinajstić information content (AvgIpc) is 3.83. The van der Waals surface area contributed by atoms with E-state index in [-0.39, 0.29) is 5.92 Å². The minimum atomic E-state index is 0.210. The van der Waals surface area contributed by atoms with Gasteiger partial charge in [0.25, 0.3) is 0 Å². The third-order valence-electron chi connectivity index (χ3n) is 8.86. The Hall–Kier alpha value is -5.36. The standard InChI is InChI=1S/C23H17.C13H9.C13H10.Zr/c1-4-10-18(11-5-1)21-16-22(19-12-6-2-7-13-19)23(17-21)20-14-8-3-9-15-20;1-3-7-12-10(5-1)9-11-6-2-4-8-13(11)12;1-3-7-12(8-4-1)11-13-9-5-2-6-10-13;/h1-16,21H;1-9H;1-10H;/q2*-1;;+2. The molecule has 0 N–H and O–H groups in total.